The van der Waals surface area contributed by atoms with Crippen LogP contribution in [0.15, 0.2) is 18.2 Å². The van der Waals surface area contributed by atoms with Crippen molar-refractivity contribution in [3.05, 3.63) is 52.3 Å². The van der Waals surface area contributed by atoms with E-state index in [2.05, 4.69) is 15.5 Å². The third-order valence-electron chi connectivity index (χ3n) is 4.51. The van der Waals surface area contributed by atoms with Crippen molar-refractivity contribution in [3.63, 3.8) is 0 Å². The summed E-state index contributed by atoms with van der Waals surface area (Å²) >= 11 is 0. The van der Waals surface area contributed by atoms with Crippen LogP contribution in [-0.4, -0.2) is 29.3 Å². The monoisotopic (exact) mass is 319 g/mol. The average molecular weight is 319 g/mol. The van der Waals surface area contributed by atoms with Crippen molar-refractivity contribution in [1.82, 2.24) is 15.5 Å². The van der Waals surface area contributed by atoms with Crippen molar-refractivity contribution in [2.75, 3.05) is 13.2 Å². The second-order valence-corrected chi connectivity index (χ2v) is 6.01. The summed E-state index contributed by atoms with van der Waals surface area (Å²) in [5.41, 5.74) is 0.821. The second-order valence-electron chi connectivity index (χ2n) is 6.01. The standard InChI is InChI=1S/C16H15F2N3O2/c17-10-4-2-5-11(18)13(10)16(7-23-8-16)19-15(22)14-9-3-1-6-12(9)20-21-14/h2,4-5H,1,3,6-8H2,(H,19,22)(H,20,21). The first kappa shape index (κ1) is 14.3. The number of aryl methyl sites for hydroxylation is 1. The molecule has 0 atom stereocenters. The van der Waals surface area contributed by atoms with Crippen LogP contribution >= 0.6 is 0 Å². The van der Waals surface area contributed by atoms with Gasteiger partial charge in [0.05, 0.1) is 18.8 Å². The van der Waals surface area contributed by atoms with Crippen molar-refractivity contribution in [2.45, 2.75) is 24.8 Å². The number of benzene rings is 1. The minimum Gasteiger partial charge on any atom is -0.376 e. The van der Waals surface area contributed by atoms with Crippen LogP contribution in [-0.2, 0) is 23.1 Å². The third kappa shape index (κ3) is 2.15. The normalized spacial score (nSPS) is 18.3. The molecule has 0 bridgehead atoms. The van der Waals surface area contributed by atoms with E-state index < -0.39 is 23.1 Å². The number of aromatic nitrogens is 2. The summed E-state index contributed by atoms with van der Waals surface area (Å²) in [5.74, 6) is -1.82. The number of carbonyl (C=O) groups is 1. The molecule has 2 heterocycles. The number of ether oxygens (including phenoxy) is 1. The van der Waals surface area contributed by atoms with Crippen LogP contribution in [0.4, 0.5) is 8.78 Å². The largest absolute Gasteiger partial charge is 0.376 e. The molecule has 1 aliphatic heterocycles. The zero-order chi connectivity index (χ0) is 16.0. The Morgan fingerprint density at radius 2 is 2.00 bits per heavy atom. The third-order valence-corrected chi connectivity index (χ3v) is 4.51. The van der Waals surface area contributed by atoms with Crippen molar-refractivity contribution in [1.29, 1.82) is 0 Å². The maximum absolute atomic E-state index is 14.1. The predicted octanol–water partition coefficient (Wildman–Crippen LogP) is 1.83. The molecule has 1 aliphatic carbocycles. The van der Waals surface area contributed by atoms with Crippen LogP contribution in [0.3, 0.4) is 0 Å². The molecule has 1 aromatic heterocycles. The number of nitrogens with one attached hydrogen (secondary N) is 2. The molecule has 0 spiro atoms. The van der Waals surface area contributed by atoms with Gasteiger partial charge in [0.1, 0.15) is 17.2 Å². The molecule has 1 fully saturated rings. The lowest BCUT2D eigenvalue weighted by molar-refractivity contribution is -0.0766. The van der Waals surface area contributed by atoms with Crippen LogP contribution in [0.1, 0.15) is 33.7 Å². The molecule has 2 aromatic rings. The van der Waals surface area contributed by atoms with E-state index in [9.17, 15) is 13.6 Å². The Morgan fingerprint density at radius 3 is 2.65 bits per heavy atom. The van der Waals surface area contributed by atoms with Gasteiger partial charge in [0.25, 0.3) is 5.91 Å². The average Bonchev–Trinajstić information content (AvgIpc) is 3.06. The molecule has 1 saturated heterocycles. The van der Waals surface area contributed by atoms with E-state index in [1.165, 1.54) is 18.2 Å². The molecule has 0 saturated carbocycles. The topological polar surface area (TPSA) is 67.0 Å². The zero-order valence-corrected chi connectivity index (χ0v) is 12.3. The number of fused-ring (bicyclic) bond motifs is 1. The summed E-state index contributed by atoms with van der Waals surface area (Å²) in [7, 11) is 0. The van der Waals surface area contributed by atoms with E-state index in [1.54, 1.807) is 0 Å². The summed E-state index contributed by atoms with van der Waals surface area (Å²) in [5, 5.41) is 9.65. The molecule has 0 unspecified atom stereocenters. The fourth-order valence-corrected chi connectivity index (χ4v) is 3.32. The Morgan fingerprint density at radius 1 is 1.26 bits per heavy atom. The van der Waals surface area contributed by atoms with E-state index in [1.807, 2.05) is 0 Å². The number of hydrogen-bond acceptors (Lipinski definition) is 3. The highest BCUT2D eigenvalue weighted by Gasteiger charge is 2.46. The Kier molecular flexibility index (Phi) is 3.19. The molecule has 1 amide bonds. The van der Waals surface area contributed by atoms with Gasteiger partial charge in [-0.1, -0.05) is 6.07 Å². The Labute approximate surface area is 131 Å². The minimum absolute atomic E-state index is 0.0310. The van der Waals surface area contributed by atoms with Gasteiger partial charge in [-0.05, 0) is 31.4 Å². The molecule has 120 valence electrons. The van der Waals surface area contributed by atoms with Gasteiger partial charge >= 0.3 is 0 Å². The van der Waals surface area contributed by atoms with E-state index >= 15 is 0 Å². The van der Waals surface area contributed by atoms with Crippen LogP contribution in [0, 0.1) is 11.6 Å². The van der Waals surface area contributed by atoms with Crippen LogP contribution < -0.4 is 5.32 Å². The molecule has 2 aliphatic rings. The fourth-order valence-electron chi connectivity index (χ4n) is 3.32. The molecule has 1 aromatic carbocycles. The Balaban J connectivity index is 1.67. The number of amides is 1. The van der Waals surface area contributed by atoms with Gasteiger partial charge in [-0.25, -0.2) is 8.78 Å². The number of nitrogens with zero attached hydrogens (tertiary/aromatic N) is 1. The van der Waals surface area contributed by atoms with E-state index in [0.29, 0.717) is 5.69 Å². The molecule has 2 N–H and O–H groups in total. The molecule has 7 heteroatoms. The number of halogens is 2. The second kappa shape index (κ2) is 5.13. The summed E-state index contributed by atoms with van der Waals surface area (Å²) in [6, 6.07) is 3.65. The highest BCUT2D eigenvalue weighted by Crippen LogP contribution is 2.34. The van der Waals surface area contributed by atoms with Gasteiger partial charge in [0, 0.05) is 11.3 Å². The van der Waals surface area contributed by atoms with E-state index in [0.717, 1.165) is 30.5 Å². The van der Waals surface area contributed by atoms with Gasteiger partial charge in [0.2, 0.25) is 0 Å². The lowest BCUT2D eigenvalue weighted by Gasteiger charge is -2.42. The smallest absolute Gasteiger partial charge is 0.272 e. The highest BCUT2D eigenvalue weighted by molar-refractivity contribution is 5.94. The van der Waals surface area contributed by atoms with Crippen molar-refractivity contribution in [2.24, 2.45) is 0 Å². The van der Waals surface area contributed by atoms with E-state index in [-0.39, 0.29) is 18.8 Å². The highest BCUT2D eigenvalue weighted by atomic mass is 19.1. The number of aromatic amines is 1. The summed E-state index contributed by atoms with van der Waals surface area (Å²) in [6.45, 7) is 0.0619. The maximum Gasteiger partial charge on any atom is 0.272 e. The van der Waals surface area contributed by atoms with Gasteiger partial charge in [-0.15, -0.1) is 0 Å². The lowest BCUT2D eigenvalue weighted by Crippen LogP contribution is -2.60. The lowest BCUT2D eigenvalue weighted by atomic mass is 9.86. The number of rotatable bonds is 3. The molecule has 5 nitrogen and oxygen atoms in total. The van der Waals surface area contributed by atoms with Gasteiger partial charge < -0.3 is 10.1 Å². The van der Waals surface area contributed by atoms with Crippen molar-refractivity contribution < 1.29 is 18.3 Å². The minimum atomic E-state index is -1.18. The summed E-state index contributed by atoms with van der Waals surface area (Å²) < 4.78 is 33.4. The first-order valence-corrected chi connectivity index (χ1v) is 7.51. The molecule has 4 rings (SSSR count). The molecule has 23 heavy (non-hydrogen) atoms. The van der Waals surface area contributed by atoms with Gasteiger partial charge in [-0.2, -0.15) is 5.10 Å². The number of carbonyl (C=O) groups excluding carboxylic acids is 1. The van der Waals surface area contributed by atoms with Crippen LogP contribution in [0.25, 0.3) is 0 Å². The first-order chi connectivity index (χ1) is 11.1. The quantitative estimate of drug-likeness (QED) is 0.907. The Hall–Kier alpha value is -2.28. The van der Waals surface area contributed by atoms with Crippen molar-refractivity contribution in [3.8, 4) is 0 Å². The number of hydrogen-bond donors (Lipinski definition) is 2. The summed E-state index contributed by atoms with van der Waals surface area (Å²) in [4.78, 5) is 12.6. The predicted molar refractivity (Wildman–Crippen MR) is 76.9 cm³/mol. The fraction of sp³-hybridized carbons (Fsp3) is 0.375. The maximum atomic E-state index is 14.1. The number of H-pyrrole nitrogens is 1. The zero-order valence-electron chi connectivity index (χ0n) is 12.3. The van der Waals surface area contributed by atoms with Crippen LogP contribution in [0.5, 0.6) is 0 Å². The molecular weight excluding hydrogens is 304 g/mol. The van der Waals surface area contributed by atoms with E-state index in [4.69, 9.17) is 4.74 Å². The van der Waals surface area contributed by atoms with Crippen LogP contribution in [0.2, 0.25) is 0 Å². The Bertz CT molecular complexity index is 763. The van der Waals surface area contributed by atoms with Gasteiger partial charge in [-0.3, -0.25) is 9.89 Å². The first-order valence-electron chi connectivity index (χ1n) is 7.51. The van der Waals surface area contributed by atoms with Crippen molar-refractivity contribution >= 4 is 5.91 Å². The SMILES string of the molecule is O=C(NC1(c2c(F)cccc2F)COC1)c1n[nH]c2c1CCC2. The molecular formula is C16H15F2N3O2. The molecule has 0 radical (unpaired) electrons. The summed E-state index contributed by atoms with van der Waals surface area (Å²) in [6.07, 6.45) is 2.62. The van der Waals surface area contributed by atoms with Gasteiger partial charge in [0.15, 0.2) is 5.69 Å².